The highest BCUT2D eigenvalue weighted by atomic mass is 35.5. The number of aromatic carboxylic acids is 1. The number of carbonyl (C=O) groups is 1. The van der Waals surface area contributed by atoms with Crippen LogP contribution in [0.2, 0.25) is 5.02 Å². The van der Waals surface area contributed by atoms with Gasteiger partial charge in [0.25, 0.3) is 5.56 Å². The summed E-state index contributed by atoms with van der Waals surface area (Å²) in [5.41, 5.74) is 2.43. The summed E-state index contributed by atoms with van der Waals surface area (Å²) in [6.07, 6.45) is 0. The van der Waals surface area contributed by atoms with Gasteiger partial charge in [-0.25, -0.2) is 9.78 Å². The van der Waals surface area contributed by atoms with Gasteiger partial charge in [0.05, 0.1) is 11.9 Å². The number of benzene rings is 1. The molecule has 3 aromatic heterocycles. The van der Waals surface area contributed by atoms with E-state index in [1.807, 2.05) is 30.5 Å². The number of aryl methyl sites for hydroxylation is 2. The highest BCUT2D eigenvalue weighted by molar-refractivity contribution is 7.17. The van der Waals surface area contributed by atoms with Crippen LogP contribution in [0.4, 0.5) is 0 Å². The largest absolute Gasteiger partial charge is 0.475 e. The Labute approximate surface area is 168 Å². The van der Waals surface area contributed by atoms with Gasteiger partial charge in [0, 0.05) is 16.0 Å². The Bertz CT molecular complexity index is 1290. The average molecular weight is 415 g/mol. The maximum atomic E-state index is 13.2. The van der Waals surface area contributed by atoms with Crippen LogP contribution in [0.25, 0.3) is 21.3 Å². The van der Waals surface area contributed by atoms with Gasteiger partial charge in [-0.2, -0.15) is 0 Å². The first-order chi connectivity index (χ1) is 13.3. The molecule has 8 heteroatoms. The van der Waals surface area contributed by atoms with Gasteiger partial charge in [-0.3, -0.25) is 9.36 Å². The summed E-state index contributed by atoms with van der Waals surface area (Å²) in [6, 6.07) is 8.56. The molecule has 0 bridgehead atoms. The zero-order valence-electron chi connectivity index (χ0n) is 15.0. The third kappa shape index (κ3) is 3.12. The Morgan fingerprint density at radius 3 is 2.75 bits per heavy atom. The zero-order chi connectivity index (χ0) is 20.0. The third-order valence-electron chi connectivity index (χ3n) is 4.54. The normalized spacial score (nSPS) is 11.2. The fourth-order valence-corrected chi connectivity index (χ4v) is 4.17. The van der Waals surface area contributed by atoms with Gasteiger partial charge in [-0.05, 0) is 49.2 Å². The van der Waals surface area contributed by atoms with Crippen molar-refractivity contribution in [1.29, 1.82) is 0 Å². The average Bonchev–Trinajstić information content (AvgIpc) is 3.28. The van der Waals surface area contributed by atoms with Gasteiger partial charge in [-0.1, -0.05) is 17.7 Å². The van der Waals surface area contributed by atoms with Crippen LogP contribution in [0.15, 0.2) is 44.9 Å². The van der Waals surface area contributed by atoms with E-state index in [9.17, 15) is 9.59 Å². The van der Waals surface area contributed by atoms with E-state index in [1.54, 1.807) is 13.0 Å². The number of halogens is 1. The van der Waals surface area contributed by atoms with Gasteiger partial charge in [0.2, 0.25) is 5.76 Å². The van der Waals surface area contributed by atoms with Crippen molar-refractivity contribution >= 4 is 39.1 Å². The molecule has 0 saturated heterocycles. The minimum Gasteiger partial charge on any atom is -0.475 e. The molecule has 1 aromatic carbocycles. The molecule has 4 rings (SSSR count). The molecule has 0 amide bonds. The Morgan fingerprint density at radius 1 is 1.29 bits per heavy atom. The fraction of sp³-hybridized carbons (Fsp3) is 0.150. The van der Waals surface area contributed by atoms with Crippen LogP contribution in [0.3, 0.4) is 0 Å². The number of fused-ring (bicyclic) bond motifs is 1. The van der Waals surface area contributed by atoms with Gasteiger partial charge in [-0.15, -0.1) is 11.3 Å². The highest BCUT2D eigenvalue weighted by Crippen LogP contribution is 2.33. The molecule has 0 aliphatic carbocycles. The van der Waals surface area contributed by atoms with Crippen molar-refractivity contribution in [3.8, 4) is 11.1 Å². The molecule has 0 radical (unpaired) electrons. The summed E-state index contributed by atoms with van der Waals surface area (Å²) in [7, 11) is 0. The first-order valence-corrected chi connectivity index (χ1v) is 9.68. The maximum absolute atomic E-state index is 13.2. The Morgan fingerprint density at radius 2 is 2.07 bits per heavy atom. The summed E-state index contributed by atoms with van der Waals surface area (Å²) in [5.74, 6) is -0.404. The summed E-state index contributed by atoms with van der Waals surface area (Å²) < 4.78 is 6.79. The predicted molar refractivity (Wildman–Crippen MR) is 109 cm³/mol. The number of hydrogen-bond donors (Lipinski definition) is 1. The second-order valence-electron chi connectivity index (χ2n) is 6.41. The molecular formula is C20H15ClN2O4S. The van der Waals surface area contributed by atoms with Crippen molar-refractivity contribution in [3.05, 3.63) is 74.0 Å². The highest BCUT2D eigenvalue weighted by Gasteiger charge is 2.17. The van der Waals surface area contributed by atoms with Crippen LogP contribution >= 0.6 is 22.9 Å². The second kappa shape index (κ2) is 6.92. The van der Waals surface area contributed by atoms with Crippen molar-refractivity contribution in [3.63, 3.8) is 0 Å². The fourth-order valence-electron chi connectivity index (χ4n) is 3.07. The number of carboxylic acids is 1. The molecule has 0 spiro atoms. The van der Waals surface area contributed by atoms with E-state index in [0.29, 0.717) is 26.8 Å². The molecule has 0 aliphatic rings. The first-order valence-electron chi connectivity index (χ1n) is 8.42. The van der Waals surface area contributed by atoms with Crippen LogP contribution in [0.5, 0.6) is 0 Å². The quantitative estimate of drug-likeness (QED) is 0.521. The van der Waals surface area contributed by atoms with E-state index >= 15 is 0 Å². The topological polar surface area (TPSA) is 85.3 Å². The predicted octanol–water partition coefficient (Wildman–Crippen LogP) is 4.73. The molecule has 6 nitrogen and oxygen atoms in total. The number of nitrogens with zero attached hydrogens (tertiary/aromatic N) is 2. The van der Waals surface area contributed by atoms with E-state index in [1.165, 1.54) is 22.0 Å². The molecule has 28 heavy (non-hydrogen) atoms. The molecule has 3 heterocycles. The van der Waals surface area contributed by atoms with E-state index in [0.717, 1.165) is 16.7 Å². The van der Waals surface area contributed by atoms with Gasteiger partial charge < -0.3 is 9.52 Å². The van der Waals surface area contributed by atoms with Crippen molar-refractivity contribution < 1.29 is 14.3 Å². The van der Waals surface area contributed by atoms with Gasteiger partial charge in [0.1, 0.15) is 16.4 Å². The van der Waals surface area contributed by atoms with Crippen molar-refractivity contribution in [2.24, 2.45) is 0 Å². The number of thiophene rings is 1. The molecule has 4 aromatic rings. The number of carboxylic acid groups (broad SMARTS) is 1. The summed E-state index contributed by atoms with van der Waals surface area (Å²) in [4.78, 5) is 29.5. The van der Waals surface area contributed by atoms with Crippen molar-refractivity contribution in [1.82, 2.24) is 9.55 Å². The Hall–Kier alpha value is -2.90. The smallest absolute Gasteiger partial charge is 0.371 e. The number of rotatable bonds is 4. The Balaban J connectivity index is 1.85. The van der Waals surface area contributed by atoms with E-state index in [-0.39, 0.29) is 17.9 Å². The summed E-state index contributed by atoms with van der Waals surface area (Å²) >= 11 is 7.54. The number of furan rings is 1. The molecular weight excluding hydrogens is 400 g/mol. The monoisotopic (exact) mass is 414 g/mol. The lowest BCUT2D eigenvalue weighted by Crippen LogP contribution is -2.24. The molecule has 0 unspecified atom stereocenters. The lowest BCUT2D eigenvalue weighted by atomic mass is 10.0. The van der Waals surface area contributed by atoms with Crippen LogP contribution in [0.1, 0.15) is 27.7 Å². The molecule has 0 fully saturated rings. The Kier molecular flexibility index (Phi) is 4.56. The van der Waals surface area contributed by atoms with Crippen LogP contribution in [-0.2, 0) is 6.54 Å². The molecule has 0 atom stereocenters. The minimum atomic E-state index is -1.15. The maximum Gasteiger partial charge on any atom is 0.371 e. The molecule has 0 saturated carbocycles. The number of hydrogen-bond acceptors (Lipinski definition) is 5. The number of aromatic nitrogens is 2. The summed E-state index contributed by atoms with van der Waals surface area (Å²) in [5, 5.41) is 12.1. The first kappa shape index (κ1) is 18.5. The third-order valence-corrected chi connectivity index (χ3v) is 5.84. The van der Waals surface area contributed by atoms with Crippen LogP contribution in [-0.4, -0.2) is 20.6 Å². The van der Waals surface area contributed by atoms with Crippen molar-refractivity contribution in [2.45, 2.75) is 20.4 Å². The lowest BCUT2D eigenvalue weighted by molar-refractivity contribution is 0.0660. The minimum absolute atomic E-state index is 0.107. The van der Waals surface area contributed by atoms with Crippen LogP contribution in [0, 0.1) is 13.8 Å². The summed E-state index contributed by atoms with van der Waals surface area (Å²) in [6.45, 7) is 3.77. The van der Waals surface area contributed by atoms with Gasteiger partial charge in [0.15, 0.2) is 0 Å². The second-order valence-corrected chi connectivity index (χ2v) is 7.68. The molecule has 1 N–H and O–H groups in total. The van der Waals surface area contributed by atoms with E-state index in [2.05, 4.69) is 4.98 Å². The van der Waals surface area contributed by atoms with Gasteiger partial charge >= 0.3 is 5.97 Å². The lowest BCUT2D eigenvalue weighted by Gasteiger charge is -2.09. The van der Waals surface area contributed by atoms with E-state index in [4.69, 9.17) is 21.1 Å². The van der Waals surface area contributed by atoms with Crippen molar-refractivity contribution in [2.75, 3.05) is 0 Å². The molecule has 0 aliphatic heterocycles. The molecule has 142 valence electrons. The SMILES string of the molecule is Cc1cc(-c2csc3nc(C)n(Cc4ccc(C(=O)O)o4)c(=O)c23)ccc1Cl. The van der Waals surface area contributed by atoms with E-state index < -0.39 is 5.97 Å². The standard InChI is InChI=1S/C20H15ClN2O4S/c1-10-7-12(3-5-15(10)21)14-9-28-18-17(14)19(24)23(11(2)22-18)8-13-4-6-16(27-13)20(25)26/h3-7,9H,8H2,1-2H3,(H,25,26). The van der Waals surface area contributed by atoms with Crippen LogP contribution < -0.4 is 5.56 Å². The zero-order valence-corrected chi connectivity index (χ0v) is 16.6.